The maximum atomic E-state index is 12.9. The Bertz CT molecular complexity index is 795. The van der Waals surface area contributed by atoms with E-state index in [9.17, 15) is 14.4 Å². The van der Waals surface area contributed by atoms with Gasteiger partial charge in [-0.2, -0.15) is 0 Å². The number of alkyl carbamates (subject to hydrolysis) is 1. The van der Waals surface area contributed by atoms with E-state index in [0.29, 0.717) is 31.8 Å². The maximum Gasteiger partial charge on any atom is 0.408 e. The first-order valence-electron chi connectivity index (χ1n) is 11.3. The number of ether oxygens (including phenoxy) is 2. The summed E-state index contributed by atoms with van der Waals surface area (Å²) < 4.78 is 11.1. The lowest BCUT2D eigenvalue weighted by Gasteiger charge is -2.34. The molecular weight excluding hydrogens is 410 g/mol. The summed E-state index contributed by atoms with van der Waals surface area (Å²) in [5.41, 5.74) is 0.464. The summed E-state index contributed by atoms with van der Waals surface area (Å²) in [5.74, 6) is 0.711. The van der Waals surface area contributed by atoms with Crippen LogP contribution in [0.1, 0.15) is 65.9 Å². The Hall–Kier alpha value is -2.77. The zero-order valence-electron chi connectivity index (χ0n) is 20.1. The molecule has 1 aromatic rings. The zero-order chi connectivity index (χ0) is 23.9. The highest BCUT2D eigenvalue weighted by atomic mass is 16.6. The van der Waals surface area contributed by atoms with Gasteiger partial charge in [-0.05, 0) is 58.1 Å². The minimum atomic E-state index is -0.624. The molecule has 2 N–H and O–H groups in total. The van der Waals surface area contributed by atoms with Gasteiger partial charge >= 0.3 is 6.09 Å². The van der Waals surface area contributed by atoms with E-state index < -0.39 is 17.8 Å². The lowest BCUT2D eigenvalue weighted by atomic mass is 10.0. The van der Waals surface area contributed by atoms with Gasteiger partial charge in [0, 0.05) is 19.1 Å². The van der Waals surface area contributed by atoms with Crippen LogP contribution >= 0.6 is 0 Å². The Morgan fingerprint density at radius 3 is 2.31 bits per heavy atom. The summed E-state index contributed by atoms with van der Waals surface area (Å²) in [6.07, 6.45) is 0.0958. The van der Waals surface area contributed by atoms with Crippen LogP contribution < -0.4 is 15.4 Å². The number of likely N-dealkylation sites (tertiary alicyclic amines) is 1. The fraction of sp³-hybridized carbons (Fsp3) is 0.625. The molecule has 1 heterocycles. The quantitative estimate of drug-likeness (QED) is 0.669. The highest BCUT2D eigenvalue weighted by Gasteiger charge is 2.28. The molecule has 8 nitrogen and oxygen atoms in total. The van der Waals surface area contributed by atoms with Crippen molar-refractivity contribution in [2.75, 3.05) is 19.6 Å². The summed E-state index contributed by atoms with van der Waals surface area (Å²) in [6, 6.07) is 7.75. The molecule has 178 valence electrons. The highest BCUT2D eigenvalue weighted by Crippen LogP contribution is 2.27. The van der Waals surface area contributed by atoms with Crippen LogP contribution in [0.3, 0.4) is 0 Å². The topological polar surface area (TPSA) is 97.0 Å². The van der Waals surface area contributed by atoms with Gasteiger partial charge in [0.05, 0.1) is 0 Å². The van der Waals surface area contributed by atoms with Crippen LogP contribution in [0.25, 0.3) is 0 Å². The molecule has 0 bridgehead atoms. The largest absolute Gasteiger partial charge is 0.481 e. The molecule has 0 radical (unpaired) electrons. The minimum absolute atomic E-state index is 0.0372. The average Bonchev–Trinajstić information content (AvgIpc) is 2.71. The molecule has 1 unspecified atom stereocenters. The van der Waals surface area contributed by atoms with Crippen LogP contribution in [0.4, 0.5) is 4.79 Å². The van der Waals surface area contributed by atoms with Crippen molar-refractivity contribution in [1.29, 1.82) is 0 Å². The predicted octanol–water partition coefficient (Wildman–Crippen LogP) is 3.21. The van der Waals surface area contributed by atoms with E-state index >= 15 is 0 Å². The van der Waals surface area contributed by atoms with E-state index in [1.54, 1.807) is 32.6 Å². The van der Waals surface area contributed by atoms with Crippen LogP contribution in [-0.2, 0) is 14.3 Å². The number of hydrogen-bond acceptors (Lipinski definition) is 5. The van der Waals surface area contributed by atoms with Gasteiger partial charge in [-0.25, -0.2) is 4.79 Å². The number of rotatable bonds is 7. The molecular formula is C24H37N3O5. The molecule has 0 saturated carbocycles. The van der Waals surface area contributed by atoms with Crippen LogP contribution in [-0.4, -0.2) is 60.2 Å². The normalized spacial score (nSPS) is 15.8. The number of carbonyl (C=O) groups is 3. The molecule has 1 aliphatic rings. The first kappa shape index (κ1) is 25.5. The van der Waals surface area contributed by atoms with E-state index in [0.717, 1.165) is 11.3 Å². The second-order valence-corrected chi connectivity index (χ2v) is 9.48. The van der Waals surface area contributed by atoms with Crippen molar-refractivity contribution < 1.29 is 23.9 Å². The Morgan fingerprint density at radius 2 is 1.72 bits per heavy atom. The second kappa shape index (κ2) is 11.2. The third kappa shape index (κ3) is 8.05. The van der Waals surface area contributed by atoms with Gasteiger partial charge in [-0.3, -0.25) is 9.59 Å². The zero-order valence-corrected chi connectivity index (χ0v) is 20.1. The Labute approximate surface area is 191 Å². The number of benzene rings is 1. The number of amides is 3. The molecule has 0 spiro atoms. The van der Waals surface area contributed by atoms with Crippen LogP contribution in [0.15, 0.2) is 24.3 Å². The SMILES string of the molecule is CC(Oc1ccccc1C(C)C)C(=O)N1CCC(NC(=O)CNC(=O)OC(C)(C)C)CC1. The third-order valence-electron chi connectivity index (χ3n) is 5.16. The lowest BCUT2D eigenvalue weighted by Crippen LogP contribution is -2.51. The summed E-state index contributed by atoms with van der Waals surface area (Å²) in [5, 5.41) is 5.36. The summed E-state index contributed by atoms with van der Waals surface area (Å²) in [4.78, 5) is 38.4. The predicted molar refractivity (Wildman–Crippen MR) is 123 cm³/mol. The van der Waals surface area contributed by atoms with E-state index in [1.165, 1.54) is 0 Å². The average molecular weight is 448 g/mol. The van der Waals surface area contributed by atoms with Crippen molar-refractivity contribution in [2.24, 2.45) is 0 Å². The second-order valence-electron chi connectivity index (χ2n) is 9.48. The smallest absolute Gasteiger partial charge is 0.408 e. The van der Waals surface area contributed by atoms with Gasteiger partial charge in [0.25, 0.3) is 5.91 Å². The maximum absolute atomic E-state index is 12.9. The Kier molecular flexibility index (Phi) is 8.92. The molecule has 1 fully saturated rings. The van der Waals surface area contributed by atoms with Gasteiger partial charge in [0.1, 0.15) is 17.9 Å². The van der Waals surface area contributed by atoms with Crippen molar-refractivity contribution in [3.8, 4) is 5.75 Å². The van der Waals surface area contributed by atoms with E-state index in [-0.39, 0.29) is 24.4 Å². The third-order valence-corrected chi connectivity index (χ3v) is 5.16. The molecule has 0 aromatic heterocycles. The summed E-state index contributed by atoms with van der Waals surface area (Å²) in [7, 11) is 0. The van der Waals surface area contributed by atoms with Crippen molar-refractivity contribution in [3.05, 3.63) is 29.8 Å². The number of nitrogens with zero attached hydrogens (tertiary/aromatic N) is 1. The molecule has 1 atom stereocenters. The number of hydrogen-bond donors (Lipinski definition) is 2. The first-order chi connectivity index (χ1) is 15.0. The van der Waals surface area contributed by atoms with Crippen LogP contribution in [0.2, 0.25) is 0 Å². The molecule has 32 heavy (non-hydrogen) atoms. The highest BCUT2D eigenvalue weighted by molar-refractivity contribution is 5.83. The molecule has 1 aliphatic heterocycles. The Morgan fingerprint density at radius 1 is 1.09 bits per heavy atom. The monoisotopic (exact) mass is 447 g/mol. The van der Waals surface area contributed by atoms with Crippen molar-refractivity contribution >= 4 is 17.9 Å². The van der Waals surface area contributed by atoms with Crippen molar-refractivity contribution in [1.82, 2.24) is 15.5 Å². The van der Waals surface area contributed by atoms with Gasteiger partial charge in [-0.15, -0.1) is 0 Å². The number of para-hydroxylation sites is 1. The van der Waals surface area contributed by atoms with Gasteiger partial charge < -0.3 is 25.0 Å². The molecule has 3 amide bonds. The molecule has 8 heteroatoms. The van der Waals surface area contributed by atoms with Gasteiger partial charge in [0.15, 0.2) is 6.10 Å². The number of carbonyl (C=O) groups excluding carboxylic acids is 3. The van der Waals surface area contributed by atoms with Crippen LogP contribution in [0, 0.1) is 0 Å². The standard InChI is InChI=1S/C24H37N3O5/c1-16(2)19-9-7-8-10-20(19)31-17(3)22(29)27-13-11-18(12-14-27)26-21(28)15-25-23(30)32-24(4,5)6/h7-10,16-18H,11-15H2,1-6H3,(H,25,30)(H,26,28). The first-order valence-corrected chi connectivity index (χ1v) is 11.3. The minimum Gasteiger partial charge on any atom is -0.481 e. The van der Waals surface area contributed by atoms with Crippen molar-refractivity contribution in [2.45, 2.75) is 78.0 Å². The lowest BCUT2D eigenvalue weighted by molar-refractivity contribution is -0.139. The van der Waals surface area contributed by atoms with E-state index in [2.05, 4.69) is 24.5 Å². The fourth-order valence-corrected chi connectivity index (χ4v) is 3.55. The van der Waals surface area contributed by atoms with Gasteiger partial charge in [-0.1, -0.05) is 32.0 Å². The van der Waals surface area contributed by atoms with E-state index in [4.69, 9.17) is 9.47 Å². The van der Waals surface area contributed by atoms with Gasteiger partial charge in [0.2, 0.25) is 5.91 Å². The summed E-state index contributed by atoms with van der Waals surface area (Å²) in [6.45, 7) is 12.2. The molecule has 1 saturated heterocycles. The van der Waals surface area contributed by atoms with Crippen molar-refractivity contribution in [3.63, 3.8) is 0 Å². The number of piperidine rings is 1. The molecule has 2 rings (SSSR count). The molecule has 0 aliphatic carbocycles. The fourth-order valence-electron chi connectivity index (χ4n) is 3.55. The van der Waals surface area contributed by atoms with Crippen LogP contribution in [0.5, 0.6) is 5.75 Å². The Balaban J connectivity index is 1.76. The van der Waals surface area contributed by atoms with E-state index in [1.807, 2.05) is 24.3 Å². The molecule has 1 aromatic carbocycles. The number of nitrogens with one attached hydrogen (secondary N) is 2. The summed E-state index contributed by atoms with van der Waals surface area (Å²) >= 11 is 0.